The Morgan fingerprint density at radius 1 is 1.29 bits per heavy atom. The van der Waals surface area contributed by atoms with Crippen molar-refractivity contribution in [2.75, 3.05) is 12.1 Å². The van der Waals surface area contributed by atoms with E-state index in [1.165, 1.54) is 9.91 Å². The Bertz CT molecular complexity index is 755. The maximum atomic E-state index is 12.6. The SMILES string of the molecule is CN(Cc1ccco1)C(=O)C1=NN(c2ccccc2)[C@@H](C(N)=O)C1. The molecule has 24 heavy (non-hydrogen) atoms. The lowest BCUT2D eigenvalue weighted by atomic mass is 10.1. The maximum absolute atomic E-state index is 12.6. The normalized spacial score (nSPS) is 16.8. The highest BCUT2D eigenvalue weighted by Crippen LogP contribution is 2.25. The molecule has 7 nitrogen and oxygen atoms in total. The van der Waals surface area contributed by atoms with E-state index in [0.29, 0.717) is 18.0 Å². The summed E-state index contributed by atoms with van der Waals surface area (Å²) in [5.74, 6) is -0.0917. The summed E-state index contributed by atoms with van der Waals surface area (Å²) >= 11 is 0. The second-order valence-corrected chi connectivity index (χ2v) is 5.59. The molecule has 0 bridgehead atoms. The largest absolute Gasteiger partial charge is 0.467 e. The van der Waals surface area contributed by atoms with Crippen molar-refractivity contribution in [3.8, 4) is 0 Å². The van der Waals surface area contributed by atoms with Crippen molar-refractivity contribution < 1.29 is 14.0 Å². The predicted molar refractivity (Wildman–Crippen MR) is 89.1 cm³/mol. The molecule has 2 N–H and O–H groups in total. The van der Waals surface area contributed by atoms with Crippen molar-refractivity contribution in [1.29, 1.82) is 0 Å². The third-order valence-electron chi connectivity index (χ3n) is 3.83. The summed E-state index contributed by atoms with van der Waals surface area (Å²) in [5, 5.41) is 5.85. The second kappa shape index (κ2) is 6.57. The summed E-state index contributed by atoms with van der Waals surface area (Å²) in [4.78, 5) is 25.8. The lowest BCUT2D eigenvalue weighted by Crippen LogP contribution is -2.40. The van der Waals surface area contributed by atoms with Crippen molar-refractivity contribution in [3.05, 3.63) is 54.5 Å². The molecule has 7 heteroatoms. The van der Waals surface area contributed by atoms with E-state index in [1.54, 1.807) is 25.4 Å². The number of hydrogen-bond acceptors (Lipinski definition) is 5. The highest BCUT2D eigenvalue weighted by atomic mass is 16.3. The summed E-state index contributed by atoms with van der Waals surface area (Å²) in [7, 11) is 1.66. The fraction of sp³-hybridized carbons (Fsp3) is 0.235. The van der Waals surface area contributed by atoms with Crippen LogP contribution in [0, 0.1) is 0 Å². The minimum atomic E-state index is -0.664. The first kappa shape index (κ1) is 15.8. The summed E-state index contributed by atoms with van der Waals surface area (Å²) in [6, 6.07) is 12.1. The van der Waals surface area contributed by atoms with Gasteiger partial charge in [0.05, 0.1) is 18.5 Å². The Morgan fingerprint density at radius 3 is 2.67 bits per heavy atom. The van der Waals surface area contributed by atoms with Gasteiger partial charge in [-0.15, -0.1) is 0 Å². The monoisotopic (exact) mass is 326 g/mol. The molecule has 1 aliphatic rings. The molecule has 1 aliphatic heterocycles. The van der Waals surface area contributed by atoms with Gasteiger partial charge in [0.25, 0.3) is 5.91 Å². The molecule has 1 atom stereocenters. The van der Waals surface area contributed by atoms with Crippen LogP contribution in [0.15, 0.2) is 58.2 Å². The Kier molecular flexibility index (Phi) is 4.33. The molecule has 0 spiro atoms. The summed E-state index contributed by atoms with van der Waals surface area (Å²) in [6.45, 7) is 0.331. The highest BCUT2D eigenvalue weighted by molar-refractivity contribution is 6.40. The number of furan rings is 1. The van der Waals surface area contributed by atoms with Crippen molar-refractivity contribution in [3.63, 3.8) is 0 Å². The number of anilines is 1. The van der Waals surface area contributed by atoms with E-state index in [1.807, 2.05) is 30.3 Å². The topological polar surface area (TPSA) is 92.1 Å². The average Bonchev–Trinajstić information content (AvgIpc) is 3.24. The third-order valence-corrected chi connectivity index (χ3v) is 3.83. The van der Waals surface area contributed by atoms with Crippen molar-refractivity contribution >= 4 is 23.2 Å². The van der Waals surface area contributed by atoms with Gasteiger partial charge in [0.2, 0.25) is 5.91 Å². The Labute approximate surface area is 139 Å². The molecule has 1 aromatic carbocycles. The minimum Gasteiger partial charge on any atom is -0.467 e. The molecule has 0 saturated carbocycles. The van der Waals surface area contributed by atoms with Gasteiger partial charge in [-0.2, -0.15) is 5.10 Å². The number of carbonyl (C=O) groups is 2. The Balaban J connectivity index is 1.80. The Morgan fingerprint density at radius 2 is 2.04 bits per heavy atom. The van der Waals surface area contributed by atoms with E-state index in [-0.39, 0.29) is 12.3 Å². The lowest BCUT2D eigenvalue weighted by Gasteiger charge is -2.20. The van der Waals surface area contributed by atoms with Crippen molar-refractivity contribution in [2.45, 2.75) is 19.0 Å². The number of rotatable bonds is 5. The fourth-order valence-corrected chi connectivity index (χ4v) is 2.61. The molecule has 124 valence electrons. The molecule has 0 radical (unpaired) electrons. The first-order valence-corrected chi connectivity index (χ1v) is 7.55. The van der Waals surface area contributed by atoms with E-state index in [4.69, 9.17) is 10.2 Å². The van der Waals surface area contributed by atoms with Gasteiger partial charge in [-0.3, -0.25) is 14.6 Å². The van der Waals surface area contributed by atoms with Crippen LogP contribution in [-0.4, -0.2) is 35.5 Å². The standard InChI is InChI=1S/C17H18N4O3/c1-20(11-13-8-5-9-24-13)17(23)14-10-15(16(18)22)21(19-14)12-6-3-2-4-7-12/h2-9,15H,10-11H2,1H3,(H2,18,22)/t15-/m1/s1. The average molecular weight is 326 g/mol. The summed E-state index contributed by atoms with van der Waals surface area (Å²) in [5.41, 5.74) is 6.50. The summed E-state index contributed by atoms with van der Waals surface area (Å²) < 4.78 is 5.25. The van der Waals surface area contributed by atoms with Crippen LogP contribution in [0.2, 0.25) is 0 Å². The molecule has 1 aromatic heterocycles. The number of carbonyl (C=O) groups excluding carboxylic acids is 2. The number of hydrazone groups is 1. The zero-order valence-electron chi connectivity index (χ0n) is 13.3. The lowest BCUT2D eigenvalue weighted by molar-refractivity contribution is -0.123. The third kappa shape index (κ3) is 3.15. The highest BCUT2D eigenvalue weighted by Gasteiger charge is 2.35. The van der Waals surface area contributed by atoms with E-state index in [9.17, 15) is 9.59 Å². The molecule has 0 saturated heterocycles. The second-order valence-electron chi connectivity index (χ2n) is 5.59. The zero-order chi connectivity index (χ0) is 17.1. The quantitative estimate of drug-likeness (QED) is 0.898. The van der Waals surface area contributed by atoms with Crippen molar-refractivity contribution in [1.82, 2.24) is 4.90 Å². The molecule has 0 aliphatic carbocycles. The summed E-state index contributed by atoms with van der Waals surface area (Å²) in [6.07, 6.45) is 1.74. The smallest absolute Gasteiger partial charge is 0.270 e. The van der Waals surface area contributed by atoms with Crippen LogP contribution in [-0.2, 0) is 16.1 Å². The van der Waals surface area contributed by atoms with E-state index >= 15 is 0 Å². The van der Waals surface area contributed by atoms with Crippen LogP contribution < -0.4 is 10.7 Å². The maximum Gasteiger partial charge on any atom is 0.270 e. The number of nitrogens with zero attached hydrogens (tertiary/aromatic N) is 3. The minimum absolute atomic E-state index is 0.186. The van der Waals surface area contributed by atoms with Crippen LogP contribution in [0.4, 0.5) is 5.69 Å². The first-order chi connectivity index (χ1) is 11.6. The van der Waals surface area contributed by atoms with Crippen LogP contribution in [0.5, 0.6) is 0 Å². The predicted octanol–water partition coefficient (Wildman–Crippen LogP) is 1.36. The van der Waals surface area contributed by atoms with Gasteiger partial charge in [0, 0.05) is 13.5 Å². The van der Waals surface area contributed by atoms with Gasteiger partial charge < -0.3 is 15.1 Å². The fourth-order valence-electron chi connectivity index (χ4n) is 2.61. The molecule has 0 unspecified atom stereocenters. The number of hydrogen-bond donors (Lipinski definition) is 1. The van der Waals surface area contributed by atoms with Crippen LogP contribution in [0.1, 0.15) is 12.2 Å². The van der Waals surface area contributed by atoms with Gasteiger partial charge in [-0.25, -0.2) is 0 Å². The molecule has 2 aromatic rings. The first-order valence-electron chi connectivity index (χ1n) is 7.55. The molecule has 0 fully saturated rings. The molecule has 2 heterocycles. The van der Waals surface area contributed by atoms with Crippen LogP contribution >= 0.6 is 0 Å². The number of amides is 2. The van der Waals surface area contributed by atoms with E-state index in [0.717, 1.165) is 5.69 Å². The number of nitrogens with two attached hydrogens (primary N) is 1. The number of primary amides is 1. The van der Waals surface area contributed by atoms with Gasteiger partial charge in [-0.05, 0) is 24.3 Å². The molecular formula is C17H18N4O3. The van der Waals surface area contributed by atoms with Crippen molar-refractivity contribution in [2.24, 2.45) is 10.8 Å². The zero-order valence-corrected chi connectivity index (χ0v) is 13.3. The Hall–Kier alpha value is -3.09. The van der Waals surface area contributed by atoms with E-state index < -0.39 is 11.9 Å². The van der Waals surface area contributed by atoms with Gasteiger partial charge >= 0.3 is 0 Å². The molecular weight excluding hydrogens is 308 g/mol. The van der Waals surface area contributed by atoms with Gasteiger partial charge in [-0.1, -0.05) is 18.2 Å². The van der Waals surface area contributed by atoms with Gasteiger partial charge in [0.1, 0.15) is 17.5 Å². The van der Waals surface area contributed by atoms with Gasteiger partial charge in [0.15, 0.2) is 0 Å². The number of benzene rings is 1. The number of para-hydroxylation sites is 1. The molecule has 3 rings (SSSR count). The molecule has 2 amide bonds. The van der Waals surface area contributed by atoms with E-state index in [2.05, 4.69) is 5.10 Å². The van der Waals surface area contributed by atoms with Crippen LogP contribution in [0.25, 0.3) is 0 Å². The van der Waals surface area contributed by atoms with Crippen LogP contribution in [0.3, 0.4) is 0 Å².